The quantitative estimate of drug-likeness (QED) is 0.471. The number of ether oxygens (including phenoxy) is 1. The van der Waals surface area contributed by atoms with E-state index in [2.05, 4.69) is 41.4 Å². The molecule has 28 heavy (non-hydrogen) atoms. The summed E-state index contributed by atoms with van der Waals surface area (Å²) in [5, 5.41) is 3.01. The maximum Gasteiger partial charge on any atom is 0.317 e. The van der Waals surface area contributed by atoms with Crippen molar-refractivity contribution in [1.82, 2.24) is 10.2 Å². The smallest absolute Gasteiger partial charge is 0.317 e. The van der Waals surface area contributed by atoms with Crippen LogP contribution in [0.4, 0.5) is 10.5 Å². The van der Waals surface area contributed by atoms with Crippen molar-refractivity contribution >= 4 is 23.5 Å². The second-order valence-corrected chi connectivity index (χ2v) is 7.39. The minimum atomic E-state index is -0.0596. The molecule has 2 aromatic carbocycles. The Morgan fingerprint density at radius 1 is 1.18 bits per heavy atom. The van der Waals surface area contributed by atoms with Gasteiger partial charge in [-0.3, -0.25) is 0 Å². The van der Waals surface area contributed by atoms with Crippen molar-refractivity contribution in [1.29, 1.82) is 0 Å². The standard InChI is InChI=1S/C22H31N3O2S/c1-5-25(19-10-7-6-8-11-19)15-9-14-23-22(26)24(2)17-18-12-13-21(28-4)20(16-18)27-3/h6-8,10-13,16H,5,9,14-15,17H2,1-4H3,(H,23,26). The number of carbonyl (C=O) groups excluding carboxylic acids is 1. The van der Waals surface area contributed by atoms with E-state index in [-0.39, 0.29) is 6.03 Å². The van der Waals surface area contributed by atoms with Crippen LogP contribution in [-0.2, 0) is 6.54 Å². The molecule has 0 radical (unpaired) electrons. The first kappa shape index (κ1) is 22.0. The van der Waals surface area contributed by atoms with Crippen LogP contribution in [-0.4, -0.2) is 51.0 Å². The van der Waals surface area contributed by atoms with Crippen molar-refractivity contribution in [2.45, 2.75) is 24.8 Å². The van der Waals surface area contributed by atoms with E-state index < -0.39 is 0 Å². The molecule has 0 spiro atoms. The highest BCUT2D eigenvalue weighted by Gasteiger charge is 2.11. The number of nitrogens with zero attached hydrogens (tertiary/aromatic N) is 2. The number of para-hydroxylation sites is 1. The zero-order valence-corrected chi connectivity index (χ0v) is 18.1. The number of urea groups is 1. The van der Waals surface area contributed by atoms with Gasteiger partial charge in [-0.1, -0.05) is 24.3 Å². The summed E-state index contributed by atoms with van der Waals surface area (Å²) >= 11 is 1.65. The third kappa shape index (κ3) is 6.37. The van der Waals surface area contributed by atoms with Crippen molar-refractivity contribution in [3.8, 4) is 5.75 Å². The fourth-order valence-electron chi connectivity index (χ4n) is 3.03. The molecule has 0 bridgehead atoms. The van der Waals surface area contributed by atoms with E-state index in [0.717, 1.165) is 35.7 Å². The lowest BCUT2D eigenvalue weighted by Crippen LogP contribution is -2.38. The lowest BCUT2D eigenvalue weighted by molar-refractivity contribution is 0.207. The van der Waals surface area contributed by atoms with Crippen LogP contribution >= 0.6 is 11.8 Å². The first-order valence-electron chi connectivity index (χ1n) is 9.58. The highest BCUT2D eigenvalue weighted by atomic mass is 32.2. The third-order valence-corrected chi connectivity index (χ3v) is 5.38. The minimum absolute atomic E-state index is 0.0596. The Kier molecular flexibility index (Phi) is 9.01. The minimum Gasteiger partial charge on any atom is -0.496 e. The van der Waals surface area contributed by atoms with Gasteiger partial charge in [0, 0.05) is 43.8 Å². The molecule has 0 saturated heterocycles. The number of nitrogens with one attached hydrogen (secondary N) is 1. The first-order valence-corrected chi connectivity index (χ1v) is 10.8. The molecular weight excluding hydrogens is 370 g/mol. The third-order valence-electron chi connectivity index (χ3n) is 4.60. The van der Waals surface area contributed by atoms with Crippen LogP contribution in [0.3, 0.4) is 0 Å². The second-order valence-electron chi connectivity index (χ2n) is 6.55. The molecule has 152 valence electrons. The van der Waals surface area contributed by atoms with Gasteiger partial charge in [-0.15, -0.1) is 11.8 Å². The Labute approximate surface area is 173 Å². The molecule has 0 saturated carbocycles. The second kappa shape index (κ2) is 11.5. The molecule has 0 fully saturated rings. The number of rotatable bonds is 10. The Morgan fingerprint density at radius 2 is 1.93 bits per heavy atom. The Balaban J connectivity index is 1.78. The topological polar surface area (TPSA) is 44.8 Å². The van der Waals surface area contributed by atoms with Gasteiger partial charge in [0.05, 0.1) is 7.11 Å². The molecule has 0 aromatic heterocycles. The lowest BCUT2D eigenvalue weighted by Gasteiger charge is -2.23. The normalized spacial score (nSPS) is 10.4. The first-order chi connectivity index (χ1) is 13.6. The van der Waals surface area contributed by atoms with Crippen molar-refractivity contribution in [3.63, 3.8) is 0 Å². The van der Waals surface area contributed by atoms with Crippen LogP contribution in [0.2, 0.25) is 0 Å². The summed E-state index contributed by atoms with van der Waals surface area (Å²) in [4.78, 5) is 17.5. The molecule has 0 atom stereocenters. The highest BCUT2D eigenvalue weighted by Crippen LogP contribution is 2.28. The molecule has 0 unspecified atom stereocenters. The Hall–Kier alpha value is -2.34. The molecule has 1 N–H and O–H groups in total. The molecule has 0 aliphatic carbocycles. The summed E-state index contributed by atoms with van der Waals surface area (Å²) in [5.74, 6) is 0.847. The molecule has 2 aromatic rings. The predicted octanol–water partition coefficient (Wildman–Crippen LogP) is 4.48. The van der Waals surface area contributed by atoms with E-state index in [0.29, 0.717) is 13.1 Å². The zero-order chi connectivity index (χ0) is 20.4. The number of anilines is 1. The van der Waals surface area contributed by atoms with E-state index in [1.54, 1.807) is 23.8 Å². The van der Waals surface area contributed by atoms with Gasteiger partial charge >= 0.3 is 6.03 Å². The number of hydrogen-bond donors (Lipinski definition) is 1. The molecule has 2 amide bonds. The van der Waals surface area contributed by atoms with Gasteiger partial charge in [-0.2, -0.15) is 0 Å². The van der Waals surface area contributed by atoms with E-state index in [1.807, 2.05) is 37.6 Å². The van der Waals surface area contributed by atoms with Crippen LogP contribution in [0.25, 0.3) is 0 Å². The Bertz CT molecular complexity index is 740. The molecular formula is C22H31N3O2S. The molecule has 0 heterocycles. The molecule has 0 aliphatic rings. The van der Waals surface area contributed by atoms with Gasteiger partial charge in [0.1, 0.15) is 5.75 Å². The summed E-state index contributed by atoms with van der Waals surface area (Å²) in [6.45, 7) is 5.21. The number of amides is 2. The van der Waals surface area contributed by atoms with Crippen LogP contribution < -0.4 is 15.0 Å². The molecule has 2 rings (SSSR count). The van der Waals surface area contributed by atoms with E-state index in [9.17, 15) is 4.79 Å². The Morgan fingerprint density at radius 3 is 2.57 bits per heavy atom. The maximum absolute atomic E-state index is 12.4. The van der Waals surface area contributed by atoms with Crippen LogP contribution in [0.1, 0.15) is 18.9 Å². The van der Waals surface area contributed by atoms with E-state index in [1.165, 1.54) is 5.69 Å². The van der Waals surface area contributed by atoms with Crippen LogP contribution in [0, 0.1) is 0 Å². The van der Waals surface area contributed by atoms with Crippen molar-refractivity contribution in [3.05, 3.63) is 54.1 Å². The average molecular weight is 402 g/mol. The van der Waals surface area contributed by atoms with Gasteiger partial charge in [0.15, 0.2) is 0 Å². The lowest BCUT2D eigenvalue weighted by atomic mass is 10.2. The fourth-order valence-corrected chi connectivity index (χ4v) is 3.58. The van der Waals surface area contributed by atoms with E-state index in [4.69, 9.17) is 4.74 Å². The highest BCUT2D eigenvalue weighted by molar-refractivity contribution is 7.98. The van der Waals surface area contributed by atoms with Gasteiger partial charge in [0.2, 0.25) is 0 Å². The maximum atomic E-state index is 12.4. The zero-order valence-electron chi connectivity index (χ0n) is 17.3. The van der Waals surface area contributed by atoms with Crippen LogP contribution in [0.5, 0.6) is 5.75 Å². The average Bonchev–Trinajstić information content (AvgIpc) is 2.74. The number of carbonyl (C=O) groups is 1. The van der Waals surface area contributed by atoms with Crippen LogP contribution in [0.15, 0.2) is 53.4 Å². The van der Waals surface area contributed by atoms with Gasteiger partial charge in [-0.05, 0) is 49.4 Å². The summed E-state index contributed by atoms with van der Waals surface area (Å²) in [5.41, 5.74) is 2.27. The molecule has 0 aliphatic heterocycles. The van der Waals surface area contributed by atoms with Crippen molar-refractivity contribution in [2.24, 2.45) is 0 Å². The fraction of sp³-hybridized carbons (Fsp3) is 0.409. The summed E-state index contributed by atoms with van der Waals surface area (Å²) in [6.07, 6.45) is 2.92. The largest absolute Gasteiger partial charge is 0.496 e. The monoisotopic (exact) mass is 401 g/mol. The summed E-state index contributed by atoms with van der Waals surface area (Å²) < 4.78 is 5.42. The van der Waals surface area contributed by atoms with Gasteiger partial charge in [0.25, 0.3) is 0 Å². The van der Waals surface area contributed by atoms with Crippen molar-refractivity contribution < 1.29 is 9.53 Å². The number of benzene rings is 2. The van der Waals surface area contributed by atoms with Gasteiger partial charge < -0.3 is 19.9 Å². The summed E-state index contributed by atoms with van der Waals surface area (Å²) in [7, 11) is 3.48. The SMILES string of the molecule is CCN(CCCNC(=O)N(C)Cc1ccc(SC)c(OC)c1)c1ccccc1. The molecule has 5 nitrogen and oxygen atoms in total. The van der Waals surface area contributed by atoms with Crippen molar-refractivity contribution in [2.75, 3.05) is 44.9 Å². The number of methoxy groups -OCH3 is 1. The number of thioether (sulfide) groups is 1. The molecule has 6 heteroatoms. The predicted molar refractivity (Wildman–Crippen MR) is 119 cm³/mol. The van der Waals surface area contributed by atoms with Gasteiger partial charge in [-0.25, -0.2) is 4.79 Å². The number of hydrogen-bond acceptors (Lipinski definition) is 4. The van der Waals surface area contributed by atoms with E-state index >= 15 is 0 Å². The summed E-state index contributed by atoms with van der Waals surface area (Å²) in [6, 6.07) is 16.4.